The molecule has 0 aliphatic rings. The Morgan fingerprint density at radius 2 is 2.05 bits per heavy atom. The van der Waals surface area contributed by atoms with E-state index in [0.717, 1.165) is 10.8 Å². The van der Waals surface area contributed by atoms with Gasteiger partial charge in [0.05, 0.1) is 5.69 Å². The summed E-state index contributed by atoms with van der Waals surface area (Å²) < 4.78 is 4.98. The van der Waals surface area contributed by atoms with Crippen molar-refractivity contribution in [3.8, 4) is 0 Å². The number of nitrogens with zero attached hydrogens (tertiary/aromatic N) is 2. The normalized spacial score (nSPS) is 10.6. The first kappa shape index (κ1) is 13.1. The summed E-state index contributed by atoms with van der Waals surface area (Å²) in [4.78, 5) is 16.6. The highest BCUT2D eigenvalue weighted by Crippen LogP contribution is 2.22. The van der Waals surface area contributed by atoms with Gasteiger partial charge in [-0.25, -0.2) is 4.98 Å². The SMILES string of the molecule is CNc1nc(C(=O)Nc2cc(C)no2)cc2ccccc12. The largest absolute Gasteiger partial charge is 0.373 e. The third-order valence-electron chi connectivity index (χ3n) is 3.07. The zero-order chi connectivity index (χ0) is 14.8. The molecule has 0 radical (unpaired) electrons. The molecule has 2 heterocycles. The molecule has 21 heavy (non-hydrogen) atoms. The summed E-state index contributed by atoms with van der Waals surface area (Å²) in [5.41, 5.74) is 1.01. The molecule has 106 valence electrons. The van der Waals surface area contributed by atoms with Crippen molar-refractivity contribution in [3.63, 3.8) is 0 Å². The predicted octanol–water partition coefficient (Wildman–Crippen LogP) is 2.83. The molecule has 0 unspecified atom stereocenters. The number of aromatic nitrogens is 2. The molecule has 1 aromatic carbocycles. The summed E-state index contributed by atoms with van der Waals surface area (Å²) in [5, 5.41) is 11.3. The van der Waals surface area contributed by atoms with Crippen LogP contribution in [0.1, 0.15) is 16.2 Å². The molecular formula is C15H14N4O2. The minimum Gasteiger partial charge on any atom is -0.373 e. The second-order valence-corrected chi connectivity index (χ2v) is 4.61. The molecule has 6 nitrogen and oxygen atoms in total. The van der Waals surface area contributed by atoms with Gasteiger partial charge >= 0.3 is 0 Å². The molecule has 0 aliphatic carbocycles. The van der Waals surface area contributed by atoms with Crippen molar-refractivity contribution in [1.29, 1.82) is 0 Å². The summed E-state index contributed by atoms with van der Waals surface area (Å²) in [6, 6.07) is 11.1. The lowest BCUT2D eigenvalue weighted by Gasteiger charge is -2.08. The van der Waals surface area contributed by atoms with Crippen LogP contribution >= 0.6 is 0 Å². The van der Waals surface area contributed by atoms with E-state index in [1.807, 2.05) is 24.3 Å². The molecule has 2 N–H and O–H groups in total. The topological polar surface area (TPSA) is 80.0 Å². The van der Waals surface area contributed by atoms with Gasteiger partial charge in [-0.15, -0.1) is 0 Å². The van der Waals surface area contributed by atoms with Gasteiger partial charge in [-0.1, -0.05) is 29.4 Å². The fraction of sp³-hybridized carbons (Fsp3) is 0.133. The molecule has 0 atom stereocenters. The Kier molecular flexibility index (Phi) is 3.27. The average Bonchev–Trinajstić information content (AvgIpc) is 2.91. The van der Waals surface area contributed by atoms with Crippen molar-refractivity contribution in [2.24, 2.45) is 0 Å². The van der Waals surface area contributed by atoms with Crippen LogP contribution in [0.3, 0.4) is 0 Å². The van der Waals surface area contributed by atoms with Gasteiger partial charge in [0.1, 0.15) is 11.5 Å². The number of anilines is 2. The summed E-state index contributed by atoms with van der Waals surface area (Å²) >= 11 is 0. The molecule has 3 aromatic rings. The van der Waals surface area contributed by atoms with Crippen LogP contribution in [-0.4, -0.2) is 23.1 Å². The van der Waals surface area contributed by atoms with E-state index in [4.69, 9.17) is 4.52 Å². The van der Waals surface area contributed by atoms with Gasteiger partial charge in [0, 0.05) is 18.5 Å². The second-order valence-electron chi connectivity index (χ2n) is 4.61. The Balaban J connectivity index is 1.98. The summed E-state index contributed by atoms with van der Waals surface area (Å²) in [5.74, 6) is 0.624. The molecule has 0 fully saturated rings. The molecule has 6 heteroatoms. The zero-order valence-corrected chi connectivity index (χ0v) is 11.7. The standard InChI is InChI=1S/C15H14N4O2/c1-9-7-13(21-19-9)18-15(20)12-8-10-5-3-4-6-11(10)14(16-2)17-12/h3-8H,1-2H3,(H,16,17)(H,18,20). The Bertz CT molecular complexity index is 810. The zero-order valence-electron chi connectivity index (χ0n) is 11.7. The first-order chi connectivity index (χ1) is 10.2. The number of carbonyl (C=O) groups is 1. The third-order valence-corrected chi connectivity index (χ3v) is 3.07. The van der Waals surface area contributed by atoms with Crippen LogP contribution in [0.5, 0.6) is 0 Å². The maximum Gasteiger partial charge on any atom is 0.276 e. The van der Waals surface area contributed by atoms with Crippen LogP contribution in [0.4, 0.5) is 11.7 Å². The van der Waals surface area contributed by atoms with E-state index in [-0.39, 0.29) is 5.91 Å². The van der Waals surface area contributed by atoms with Crippen LogP contribution in [0, 0.1) is 6.92 Å². The van der Waals surface area contributed by atoms with Gasteiger partial charge < -0.3 is 9.84 Å². The predicted molar refractivity (Wildman–Crippen MR) is 80.5 cm³/mol. The van der Waals surface area contributed by atoms with Gasteiger partial charge in [0.25, 0.3) is 5.91 Å². The Labute approximate surface area is 121 Å². The van der Waals surface area contributed by atoms with E-state index in [1.165, 1.54) is 0 Å². The molecule has 2 aromatic heterocycles. The number of hydrogen-bond acceptors (Lipinski definition) is 5. The molecule has 0 spiro atoms. The number of carbonyl (C=O) groups excluding carboxylic acids is 1. The van der Waals surface area contributed by atoms with Crippen molar-refractivity contribution >= 4 is 28.4 Å². The fourth-order valence-electron chi connectivity index (χ4n) is 2.10. The van der Waals surface area contributed by atoms with Gasteiger partial charge in [-0.2, -0.15) is 0 Å². The number of nitrogens with one attached hydrogen (secondary N) is 2. The van der Waals surface area contributed by atoms with Crippen molar-refractivity contribution in [2.75, 3.05) is 17.7 Å². The number of fused-ring (bicyclic) bond motifs is 1. The van der Waals surface area contributed by atoms with Crippen molar-refractivity contribution in [2.45, 2.75) is 6.92 Å². The summed E-state index contributed by atoms with van der Waals surface area (Å²) in [6.45, 7) is 1.78. The monoisotopic (exact) mass is 282 g/mol. The highest BCUT2D eigenvalue weighted by molar-refractivity contribution is 6.05. The van der Waals surface area contributed by atoms with Crippen molar-refractivity contribution in [1.82, 2.24) is 10.1 Å². The molecule has 0 bridgehead atoms. The molecule has 0 aliphatic heterocycles. The van der Waals surface area contributed by atoms with Crippen molar-refractivity contribution < 1.29 is 9.32 Å². The second kappa shape index (κ2) is 5.24. The van der Waals surface area contributed by atoms with Crippen molar-refractivity contribution in [3.05, 3.63) is 47.8 Å². The first-order valence-corrected chi connectivity index (χ1v) is 6.49. The number of benzene rings is 1. The van der Waals surface area contributed by atoms with Crippen LogP contribution in [0.15, 0.2) is 40.9 Å². The maximum absolute atomic E-state index is 12.2. The van der Waals surface area contributed by atoms with E-state index in [9.17, 15) is 4.79 Å². The number of hydrogen-bond donors (Lipinski definition) is 2. The lowest BCUT2D eigenvalue weighted by Crippen LogP contribution is -2.14. The van der Waals surface area contributed by atoms with E-state index in [2.05, 4.69) is 20.8 Å². The van der Waals surface area contributed by atoms with Gasteiger partial charge in [-0.05, 0) is 18.4 Å². The highest BCUT2D eigenvalue weighted by Gasteiger charge is 2.13. The Morgan fingerprint density at radius 1 is 1.24 bits per heavy atom. The Morgan fingerprint density at radius 3 is 2.76 bits per heavy atom. The minimum absolute atomic E-state index is 0.304. The van der Waals surface area contributed by atoms with Crippen LogP contribution in [0.25, 0.3) is 10.8 Å². The molecule has 1 amide bonds. The number of rotatable bonds is 3. The first-order valence-electron chi connectivity index (χ1n) is 6.49. The van der Waals surface area contributed by atoms with Crippen LogP contribution in [0.2, 0.25) is 0 Å². The maximum atomic E-state index is 12.2. The van der Waals surface area contributed by atoms with Crippen LogP contribution in [-0.2, 0) is 0 Å². The van der Waals surface area contributed by atoms with Gasteiger partial charge in [0.2, 0.25) is 5.88 Å². The Hall–Kier alpha value is -2.89. The fourth-order valence-corrected chi connectivity index (χ4v) is 2.10. The number of amides is 1. The van der Waals surface area contributed by atoms with Crippen LogP contribution < -0.4 is 10.6 Å². The third kappa shape index (κ3) is 2.55. The van der Waals surface area contributed by atoms with Gasteiger partial charge in [-0.3, -0.25) is 10.1 Å². The lowest BCUT2D eigenvalue weighted by atomic mass is 10.1. The molecule has 0 saturated carbocycles. The van der Waals surface area contributed by atoms with E-state index < -0.39 is 0 Å². The smallest absolute Gasteiger partial charge is 0.276 e. The van der Waals surface area contributed by atoms with E-state index in [0.29, 0.717) is 23.1 Å². The van der Waals surface area contributed by atoms with E-state index in [1.54, 1.807) is 26.1 Å². The van der Waals surface area contributed by atoms with E-state index >= 15 is 0 Å². The number of aryl methyl sites for hydroxylation is 1. The van der Waals surface area contributed by atoms with Gasteiger partial charge in [0.15, 0.2) is 0 Å². The summed E-state index contributed by atoms with van der Waals surface area (Å²) in [7, 11) is 1.77. The number of pyridine rings is 1. The highest BCUT2D eigenvalue weighted by atomic mass is 16.5. The molecule has 0 saturated heterocycles. The lowest BCUT2D eigenvalue weighted by molar-refractivity contribution is 0.101. The quantitative estimate of drug-likeness (QED) is 0.772. The molecular weight excluding hydrogens is 268 g/mol. The minimum atomic E-state index is -0.339. The molecule has 3 rings (SSSR count). The average molecular weight is 282 g/mol. The summed E-state index contributed by atoms with van der Waals surface area (Å²) in [6.07, 6.45) is 0.